The van der Waals surface area contributed by atoms with Crippen molar-refractivity contribution >= 4 is 33.6 Å². The van der Waals surface area contributed by atoms with Crippen LogP contribution in [0.1, 0.15) is 12.5 Å². The largest absolute Gasteiger partial charge is 0.117 e. The zero-order valence-corrected chi connectivity index (χ0v) is 9.79. The molecule has 0 saturated carbocycles. The summed E-state index contributed by atoms with van der Waals surface area (Å²) >= 11 is 9.46. The predicted molar refractivity (Wildman–Crippen MR) is 63.5 cm³/mol. The minimum absolute atomic E-state index is 0.0419. The van der Waals surface area contributed by atoms with Gasteiger partial charge in [-0.1, -0.05) is 65.3 Å². The van der Waals surface area contributed by atoms with Gasteiger partial charge in [0.2, 0.25) is 0 Å². The summed E-state index contributed by atoms with van der Waals surface area (Å²) in [6, 6.07) is 10.1. The molecule has 0 aliphatic carbocycles. The molecular weight excluding hydrogens is 247 g/mol. The molecule has 0 amide bonds. The number of allylic oxidation sites excluding steroid dienone is 1. The maximum absolute atomic E-state index is 6.03. The van der Waals surface area contributed by atoms with E-state index in [9.17, 15) is 0 Å². The number of rotatable bonds is 3. The third-order valence-electron chi connectivity index (χ3n) is 1.71. The summed E-state index contributed by atoms with van der Waals surface area (Å²) in [5.41, 5.74) is 1.18. The number of hydrogen-bond donors (Lipinski definition) is 0. The first-order chi connectivity index (χ1) is 6.20. The van der Waals surface area contributed by atoms with Gasteiger partial charge in [0.1, 0.15) is 0 Å². The summed E-state index contributed by atoms with van der Waals surface area (Å²) in [7, 11) is 0. The van der Waals surface area contributed by atoms with Crippen LogP contribution < -0.4 is 0 Å². The van der Waals surface area contributed by atoms with E-state index >= 15 is 0 Å². The van der Waals surface area contributed by atoms with Crippen molar-refractivity contribution in [2.75, 3.05) is 0 Å². The molecule has 0 radical (unpaired) electrons. The van der Waals surface area contributed by atoms with Crippen LogP contribution in [0.5, 0.6) is 0 Å². The maximum Gasteiger partial charge on any atom is 0.0641 e. The molecule has 13 heavy (non-hydrogen) atoms. The van der Waals surface area contributed by atoms with Crippen molar-refractivity contribution in [3.8, 4) is 0 Å². The Hall–Kier alpha value is -0.270. The average Bonchev–Trinajstić information content (AvgIpc) is 2.15. The van der Waals surface area contributed by atoms with Crippen LogP contribution in [0.2, 0.25) is 0 Å². The molecule has 0 fully saturated rings. The van der Waals surface area contributed by atoms with Gasteiger partial charge < -0.3 is 0 Å². The second kappa shape index (κ2) is 5.46. The number of benzene rings is 1. The van der Waals surface area contributed by atoms with Crippen LogP contribution in [0, 0.1) is 0 Å². The van der Waals surface area contributed by atoms with Gasteiger partial charge in [-0.2, -0.15) is 0 Å². The molecular formula is C11H12BrCl. The van der Waals surface area contributed by atoms with Gasteiger partial charge in [-0.05, 0) is 5.56 Å². The quantitative estimate of drug-likeness (QED) is 0.717. The highest BCUT2D eigenvalue weighted by Gasteiger charge is 2.05. The number of alkyl halides is 2. The fourth-order valence-electron chi connectivity index (χ4n) is 0.920. The van der Waals surface area contributed by atoms with Gasteiger partial charge in [0.15, 0.2) is 0 Å². The summed E-state index contributed by atoms with van der Waals surface area (Å²) in [5, 5.41) is 0.0419. The van der Waals surface area contributed by atoms with Crippen LogP contribution in [0.25, 0.3) is 6.08 Å². The highest BCUT2D eigenvalue weighted by atomic mass is 79.9. The lowest BCUT2D eigenvalue weighted by Gasteiger charge is -2.05. The summed E-state index contributed by atoms with van der Waals surface area (Å²) in [5.74, 6) is 0. The fourth-order valence-corrected chi connectivity index (χ4v) is 1.17. The van der Waals surface area contributed by atoms with Crippen LogP contribution in [0.3, 0.4) is 0 Å². The lowest BCUT2D eigenvalue weighted by atomic mass is 10.2. The number of hydrogen-bond acceptors (Lipinski definition) is 0. The van der Waals surface area contributed by atoms with E-state index in [1.54, 1.807) is 0 Å². The fraction of sp³-hybridized carbons (Fsp3) is 0.273. The molecule has 0 bridgehead atoms. The molecule has 0 aliphatic heterocycles. The van der Waals surface area contributed by atoms with Gasteiger partial charge in [-0.25, -0.2) is 0 Å². The van der Waals surface area contributed by atoms with E-state index < -0.39 is 0 Å². The van der Waals surface area contributed by atoms with Crippen molar-refractivity contribution in [3.05, 3.63) is 42.0 Å². The lowest BCUT2D eigenvalue weighted by Crippen LogP contribution is -2.05. The third-order valence-corrected chi connectivity index (χ3v) is 3.11. The van der Waals surface area contributed by atoms with Crippen molar-refractivity contribution in [1.29, 1.82) is 0 Å². The smallest absolute Gasteiger partial charge is 0.0641 e. The Morgan fingerprint density at radius 1 is 1.31 bits per heavy atom. The van der Waals surface area contributed by atoms with Gasteiger partial charge >= 0.3 is 0 Å². The Morgan fingerprint density at radius 3 is 2.46 bits per heavy atom. The summed E-state index contributed by atoms with van der Waals surface area (Å²) in [4.78, 5) is 0.300. The minimum Gasteiger partial charge on any atom is -0.117 e. The van der Waals surface area contributed by atoms with Gasteiger partial charge in [-0.3, -0.25) is 0 Å². The zero-order valence-electron chi connectivity index (χ0n) is 7.45. The van der Waals surface area contributed by atoms with Crippen molar-refractivity contribution in [1.82, 2.24) is 0 Å². The van der Waals surface area contributed by atoms with Crippen LogP contribution >= 0.6 is 27.5 Å². The van der Waals surface area contributed by atoms with E-state index in [4.69, 9.17) is 11.6 Å². The molecule has 0 aromatic heterocycles. The first-order valence-electron chi connectivity index (χ1n) is 4.21. The molecule has 0 spiro atoms. The van der Waals surface area contributed by atoms with Gasteiger partial charge in [0, 0.05) is 4.83 Å². The second-order valence-electron chi connectivity index (χ2n) is 2.89. The highest BCUT2D eigenvalue weighted by molar-refractivity contribution is 9.09. The van der Waals surface area contributed by atoms with Gasteiger partial charge in [0.05, 0.1) is 5.38 Å². The molecule has 2 unspecified atom stereocenters. The molecule has 0 aliphatic rings. The monoisotopic (exact) mass is 258 g/mol. The molecule has 0 nitrogen and oxygen atoms in total. The molecule has 1 aromatic carbocycles. The van der Waals surface area contributed by atoms with E-state index in [-0.39, 0.29) is 5.38 Å². The van der Waals surface area contributed by atoms with Crippen LogP contribution in [-0.4, -0.2) is 10.2 Å². The van der Waals surface area contributed by atoms with E-state index in [0.717, 1.165) is 0 Å². The summed E-state index contributed by atoms with van der Waals surface area (Å²) < 4.78 is 0. The van der Waals surface area contributed by atoms with E-state index in [2.05, 4.69) is 28.1 Å². The Bertz CT molecular complexity index is 267. The molecule has 0 saturated heterocycles. The topological polar surface area (TPSA) is 0 Å². The van der Waals surface area contributed by atoms with E-state index in [0.29, 0.717) is 4.83 Å². The minimum atomic E-state index is 0.0419. The first-order valence-corrected chi connectivity index (χ1v) is 5.57. The SMILES string of the molecule is CC(Br)C(Cl)C=Cc1ccccc1. The van der Waals surface area contributed by atoms with Gasteiger partial charge in [-0.15, -0.1) is 11.6 Å². The number of halogens is 2. The Balaban J connectivity index is 2.59. The second-order valence-corrected chi connectivity index (χ2v) is 4.84. The molecule has 70 valence electrons. The summed E-state index contributed by atoms with van der Waals surface area (Å²) in [6.07, 6.45) is 4.03. The van der Waals surface area contributed by atoms with Crippen LogP contribution in [0.15, 0.2) is 36.4 Å². The third kappa shape index (κ3) is 3.97. The van der Waals surface area contributed by atoms with E-state index in [1.165, 1.54) is 5.56 Å². The lowest BCUT2D eigenvalue weighted by molar-refractivity contribution is 1.01. The van der Waals surface area contributed by atoms with Gasteiger partial charge in [0.25, 0.3) is 0 Å². The maximum atomic E-state index is 6.03. The van der Waals surface area contributed by atoms with Crippen molar-refractivity contribution in [2.45, 2.75) is 17.1 Å². The Morgan fingerprint density at radius 2 is 1.92 bits per heavy atom. The first kappa shape index (κ1) is 10.8. The molecule has 2 atom stereocenters. The van der Waals surface area contributed by atoms with Crippen LogP contribution in [-0.2, 0) is 0 Å². The average molecular weight is 260 g/mol. The van der Waals surface area contributed by atoms with Crippen molar-refractivity contribution < 1.29 is 0 Å². The highest BCUT2D eigenvalue weighted by Crippen LogP contribution is 2.14. The van der Waals surface area contributed by atoms with Crippen LogP contribution in [0.4, 0.5) is 0 Å². The molecule has 1 aromatic rings. The Kier molecular flexibility index (Phi) is 4.54. The zero-order chi connectivity index (χ0) is 9.68. The molecule has 0 N–H and O–H groups in total. The van der Waals surface area contributed by atoms with Crippen molar-refractivity contribution in [2.24, 2.45) is 0 Å². The molecule has 1 rings (SSSR count). The predicted octanol–water partition coefficient (Wildman–Crippen LogP) is 4.09. The Labute approximate surface area is 92.7 Å². The molecule has 0 heterocycles. The molecule has 2 heteroatoms. The van der Waals surface area contributed by atoms with E-state index in [1.807, 2.05) is 37.3 Å². The van der Waals surface area contributed by atoms with Crippen molar-refractivity contribution in [3.63, 3.8) is 0 Å². The normalized spacial score (nSPS) is 15.9. The standard InChI is InChI=1S/C11H12BrCl/c1-9(12)11(13)8-7-10-5-3-2-4-6-10/h2-9,11H,1H3. The summed E-state index contributed by atoms with van der Waals surface area (Å²) in [6.45, 7) is 2.03.